The zero-order chi connectivity index (χ0) is 13.1. The second kappa shape index (κ2) is 10.0. The van der Waals surface area contributed by atoms with Gasteiger partial charge in [-0.15, -0.1) is 0 Å². The Hall–Kier alpha value is -1.17. The highest BCUT2D eigenvalue weighted by atomic mass is 16.4. The second-order valence-corrected chi connectivity index (χ2v) is 3.76. The minimum Gasteiger partial charge on any atom is -0.478 e. The van der Waals surface area contributed by atoms with Crippen LogP contribution in [0.25, 0.3) is 0 Å². The third-order valence-corrected chi connectivity index (χ3v) is 2.16. The topological polar surface area (TPSA) is 98.0 Å². The molecule has 0 unspecified atom stereocenters. The maximum absolute atomic E-state index is 10.1. The molecular formula is C12H20O5. The van der Waals surface area contributed by atoms with Crippen LogP contribution in [0.3, 0.4) is 0 Å². The van der Waals surface area contributed by atoms with Crippen molar-refractivity contribution in [1.82, 2.24) is 0 Å². The fourth-order valence-electron chi connectivity index (χ4n) is 1.30. The summed E-state index contributed by atoms with van der Waals surface area (Å²) in [6, 6.07) is 0. The van der Waals surface area contributed by atoms with Crippen molar-refractivity contribution in [2.24, 2.45) is 0 Å². The molecule has 0 radical (unpaired) electrons. The van der Waals surface area contributed by atoms with Crippen molar-refractivity contribution in [2.75, 3.05) is 6.61 Å². The van der Waals surface area contributed by atoms with Crippen LogP contribution in [0.15, 0.2) is 24.3 Å². The van der Waals surface area contributed by atoms with Crippen LogP contribution < -0.4 is 0 Å². The van der Waals surface area contributed by atoms with E-state index >= 15 is 0 Å². The third kappa shape index (κ3) is 11.1. The van der Waals surface area contributed by atoms with Gasteiger partial charge < -0.3 is 20.4 Å². The largest absolute Gasteiger partial charge is 0.478 e. The van der Waals surface area contributed by atoms with Gasteiger partial charge in [0.25, 0.3) is 0 Å². The lowest BCUT2D eigenvalue weighted by molar-refractivity contribution is -0.131. The summed E-state index contributed by atoms with van der Waals surface area (Å²) < 4.78 is 0. The van der Waals surface area contributed by atoms with Gasteiger partial charge in [0.2, 0.25) is 0 Å². The Morgan fingerprint density at radius 2 is 1.76 bits per heavy atom. The molecule has 0 amide bonds. The number of aliphatic hydroxyl groups excluding tert-OH is 3. The van der Waals surface area contributed by atoms with Crippen LogP contribution in [-0.4, -0.2) is 45.2 Å². The highest BCUT2D eigenvalue weighted by molar-refractivity contribution is 5.80. The average Bonchev–Trinajstić information content (AvgIpc) is 2.23. The van der Waals surface area contributed by atoms with Crippen LogP contribution in [0.4, 0.5) is 0 Å². The fourth-order valence-corrected chi connectivity index (χ4v) is 1.30. The van der Waals surface area contributed by atoms with Crippen molar-refractivity contribution in [2.45, 2.75) is 37.9 Å². The molecule has 0 bridgehead atoms. The number of aliphatic carboxylic acids is 1. The first-order chi connectivity index (χ1) is 8.06. The van der Waals surface area contributed by atoms with Crippen molar-refractivity contribution in [3.05, 3.63) is 24.3 Å². The van der Waals surface area contributed by atoms with E-state index < -0.39 is 18.2 Å². The maximum Gasteiger partial charge on any atom is 0.328 e. The van der Waals surface area contributed by atoms with Crippen LogP contribution >= 0.6 is 0 Å². The van der Waals surface area contributed by atoms with Crippen LogP contribution in [0.5, 0.6) is 0 Å². The number of carboxylic acid groups (broad SMARTS) is 1. The molecule has 0 aliphatic heterocycles. The molecule has 5 heteroatoms. The van der Waals surface area contributed by atoms with Gasteiger partial charge in [-0.1, -0.05) is 18.2 Å². The molecule has 0 saturated carbocycles. The molecule has 17 heavy (non-hydrogen) atoms. The van der Waals surface area contributed by atoms with Gasteiger partial charge in [-0.3, -0.25) is 0 Å². The molecule has 98 valence electrons. The van der Waals surface area contributed by atoms with Crippen LogP contribution in [0.2, 0.25) is 0 Å². The molecular weight excluding hydrogens is 224 g/mol. The Morgan fingerprint density at radius 3 is 2.35 bits per heavy atom. The molecule has 0 aromatic carbocycles. The number of carboxylic acids is 1. The van der Waals surface area contributed by atoms with Gasteiger partial charge in [0.15, 0.2) is 0 Å². The molecule has 4 N–H and O–H groups in total. The summed E-state index contributed by atoms with van der Waals surface area (Å²) in [7, 11) is 0. The molecule has 0 aromatic rings. The number of carbonyl (C=O) groups is 1. The van der Waals surface area contributed by atoms with Crippen molar-refractivity contribution < 1.29 is 25.2 Å². The predicted octanol–water partition coefficient (Wildman–Crippen LogP) is 0.458. The molecule has 0 rings (SSSR count). The van der Waals surface area contributed by atoms with Gasteiger partial charge in [0.1, 0.15) is 0 Å². The standard InChI is InChI=1S/C12H20O5/c13-8-7-11(15)9-10(14)5-3-1-2-4-6-12(16)17/h1-2,4,6,10-11,13-15H,3,5,7-9H2,(H,16,17)/b2-1+,6-4+/t10-,11+/m1/s1. The van der Waals surface area contributed by atoms with Gasteiger partial charge in [-0.25, -0.2) is 4.79 Å². The highest BCUT2D eigenvalue weighted by Crippen LogP contribution is 2.08. The molecule has 0 aliphatic carbocycles. The Kier molecular flexibility index (Phi) is 9.33. The van der Waals surface area contributed by atoms with E-state index in [-0.39, 0.29) is 19.4 Å². The van der Waals surface area contributed by atoms with Crippen molar-refractivity contribution in [3.63, 3.8) is 0 Å². The minimum atomic E-state index is -0.998. The lowest BCUT2D eigenvalue weighted by Gasteiger charge is -2.13. The second-order valence-electron chi connectivity index (χ2n) is 3.76. The Morgan fingerprint density at radius 1 is 1.12 bits per heavy atom. The number of allylic oxidation sites excluding steroid dienone is 3. The maximum atomic E-state index is 10.1. The number of hydrogen-bond donors (Lipinski definition) is 4. The average molecular weight is 244 g/mol. The zero-order valence-corrected chi connectivity index (χ0v) is 9.70. The summed E-state index contributed by atoms with van der Waals surface area (Å²) in [5.41, 5.74) is 0. The first-order valence-electron chi connectivity index (χ1n) is 5.59. The van der Waals surface area contributed by atoms with E-state index in [9.17, 15) is 15.0 Å². The first-order valence-corrected chi connectivity index (χ1v) is 5.59. The lowest BCUT2D eigenvalue weighted by Crippen LogP contribution is -2.18. The van der Waals surface area contributed by atoms with Crippen molar-refractivity contribution in [3.8, 4) is 0 Å². The van der Waals surface area contributed by atoms with Crippen molar-refractivity contribution >= 4 is 5.97 Å². The van der Waals surface area contributed by atoms with E-state index in [1.54, 1.807) is 12.2 Å². The molecule has 0 saturated heterocycles. The van der Waals surface area contributed by atoms with E-state index in [4.69, 9.17) is 10.2 Å². The van der Waals surface area contributed by atoms with E-state index in [0.29, 0.717) is 12.8 Å². The molecule has 2 atom stereocenters. The SMILES string of the molecule is O=C(O)/C=C/C=C/CC[C@@H](O)C[C@@H](O)CCO. The van der Waals surface area contributed by atoms with Gasteiger partial charge in [-0.2, -0.15) is 0 Å². The Labute approximate surface area is 101 Å². The molecule has 5 nitrogen and oxygen atoms in total. The minimum absolute atomic E-state index is 0.0895. The van der Waals surface area contributed by atoms with E-state index in [2.05, 4.69) is 0 Å². The number of rotatable bonds is 9. The van der Waals surface area contributed by atoms with E-state index in [0.717, 1.165) is 6.08 Å². The molecule has 0 spiro atoms. The highest BCUT2D eigenvalue weighted by Gasteiger charge is 2.10. The Balaban J connectivity index is 3.63. The number of aliphatic hydroxyl groups is 3. The van der Waals surface area contributed by atoms with Crippen molar-refractivity contribution in [1.29, 1.82) is 0 Å². The van der Waals surface area contributed by atoms with Crippen LogP contribution in [0, 0.1) is 0 Å². The first kappa shape index (κ1) is 15.8. The van der Waals surface area contributed by atoms with Crippen LogP contribution in [-0.2, 0) is 4.79 Å². The molecule has 0 aliphatic rings. The molecule has 0 heterocycles. The number of hydrogen-bond acceptors (Lipinski definition) is 4. The smallest absolute Gasteiger partial charge is 0.328 e. The van der Waals surface area contributed by atoms with Gasteiger partial charge in [0.05, 0.1) is 12.2 Å². The molecule has 0 aromatic heterocycles. The van der Waals surface area contributed by atoms with E-state index in [1.807, 2.05) is 0 Å². The normalized spacial score (nSPS) is 15.5. The van der Waals surface area contributed by atoms with Gasteiger partial charge >= 0.3 is 5.97 Å². The quantitative estimate of drug-likeness (QED) is 0.349. The zero-order valence-electron chi connectivity index (χ0n) is 9.70. The predicted molar refractivity (Wildman–Crippen MR) is 63.5 cm³/mol. The van der Waals surface area contributed by atoms with Crippen LogP contribution in [0.1, 0.15) is 25.7 Å². The molecule has 0 fully saturated rings. The fraction of sp³-hybridized carbons (Fsp3) is 0.583. The summed E-state index contributed by atoms with van der Waals surface area (Å²) in [6.07, 6.45) is 6.14. The third-order valence-electron chi connectivity index (χ3n) is 2.16. The Bertz CT molecular complexity index is 260. The monoisotopic (exact) mass is 244 g/mol. The lowest BCUT2D eigenvalue weighted by atomic mass is 10.1. The van der Waals surface area contributed by atoms with Gasteiger partial charge in [-0.05, 0) is 25.7 Å². The summed E-state index contributed by atoms with van der Waals surface area (Å²) in [5.74, 6) is -0.998. The summed E-state index contributed by atoms with van der Waals surface area (Å²) >= 11 is 0. The summed E-state index contributed by atoms with van der Waals surface area (Å²) in [4.78, 5) is 10.1. The summed E-state index contributed by atoms with van der Waals surface area (Å²) in [5, 5.41) is 35.7. The summed E-state index contributed by atoms with van der Waals surface area (Å²) in [6.45, 7) is -0.0895. The van der Waals surface area contributed by atoms with Gasteiger partial charge in [0, 0.05) is 12.7 Å². The van der Waals surface area contributed by atoms with E-state index in [1.165, 1.54) is 6.08 Å².